The standard InChI is InChI=1S/C15H25N3O9/c1-14(17-18-14)4-3-9(22)16-10-7(20)5-15(25,13(24)26-2)27-12(10)11(23)8(21)6-19/h7-8,10-12,19-21,23,25H,3-6H2,1-2H3,(H,16,22)/t7?,8?,10?,11?,12?,15-/m1/s1. The van der Waals surface area contributed by atoms with Crippen LogP contribution in [0.15, 0.2) is 10.2 Å². The molecule has 0 aliphatic carbocycles. The number of amides is 1. The highest BCUT2D eigenvalue weighted by Crippen LogP contribution is 2.33. The molecular formula is C15H25N3O9. The Morgan fingerprint density at radius 2 is 2.00 bits per heavy atom. The Morgan fingerprint density at radius 1 is 1.37 bits per heavy atom. The second kappa shape index (κ2) is 8.12. The summed E-state index contributed by atoms with van der Waals surface area (Å²) in [5.74, 6) is -4.32. The van der Waals surface area contributed by atoms with E-state index in [0.717, 1.165) is 7.11 Å². The molecule has 1 fully saturated rings. The van der Waals surface area contributed by atoms with Gasteiger partial charge in [-0.2, -0.15) is 10.2 Å². The smallest absolute Gasteiger partial charge is 0.366 e. The molecule has 12 nitrogen and oxygen atoms in total. The van der Waals surface area contributed by atoms with E-state index in [9.17, 15) is 30.0 Å². The molecule has 0 saturated carbocycles. The van der Waals surface area contributed by atoms with Crippen molar-refractivity contribution in [2.24, 2.45) is 10.2 Å². The van der Waals surface area contributed by atoms with Crippen LogP contribution >= 0.6 is 0 Å². The van der Waals surface area contributed by atoms with Crippen molar-refractivity contribution in [2.75, 3.05) is 13.7 Å². The molecule has 154 valence electrons. The van der Waals surface area contributed by atoms with Gasteiger partial charge in [-0.25, -0.2) is 4.79 Å². The Bertz CT molecular complexity index is 595. The minimum atomic E-state index is -2.59. The van der Waals surface area contributed by atoms with Gasteiger partial charge in [0, 0.05) is 19.3 Å². The fourth-order valence-corrected chi connectivity index (χ4v) is 2.85. The van der Waals surface area contributed by atoms with Gasteiger partial charge in [-0.1, -0.05) is 0 Å². The molecule has 2 heterocycles. The zero-order valence-electron chi connectivity index (χ0n) is 15.0. The van der Waals surface area contributed by atoms with Crippen molar-refractivity contribution in [3.63, 3.8) is 0 Å². The van der Waals surface area contributed by atoms with Crippen LogP contribution in [0.5, 0.6) is 0 Å². The topological polar surface area (TPSA) is 190 Å². The van der Waals surface area contributed by atoms with Crippen LogP contribution in [0.25, 0.3) is 0 Å². The number of ether oxygens (including phenoxy) is 2. The Kier molecular flexibility index (Phi) is 6.50. The molecular weight excluding hydrogens is 366 g/mol. The number of esters is 1. The van der Waals surface area contributed by atoms with E-state index in [0.29, 0.717) is 6.42 Å². The van der Waals surface area contributed by atoms with E-state index in [-0.39, 0.29) is 6.42 Å². The molecule has 0 aromatic rings. The van der Waals surface area contributed by atoms with E-state index in [4.69, 9.17) is 9.84 Å². The number of carbonyl (C=O) groups is 2. The van der Waals surface area contributed by atoms with Gasteiger partial charge in [0.05, 0.1) is 25.9 Å². The number of rotatable bonds is 8. The van der Waals surface area contributed by atoms with Crippen molar-refractivity contribution < 1.29 is 44.6 Å². The van der Waals surface area contributed by atoms with Gasteiger partial charge in [0.1, 0.15) is 18.3 Å². The van der Waals surface area contributed by atoms with Crippen molar-refractivity contribution in [2.45, 2.75) is 68.1 Å². The molecule has 0 radical (unpaired) electrons. The van der Waals surface area contributed by atoms with E-state index in [1.807, 2.05) is 0 Å². The predicted molar refractivity (Wildman–Crippen MR) is 86.0 cm³/mol. The van der Waals surface area contributed by atoms with Crippen molar-refractivity contribution in [1.29, 1.82) is 0 Å². The summed E-state index contributed by atoms with van der Waals surface area (Å²) < 4.78 is 9.63. The van der Waals surface area contributed by atoms with Gasteiger partial charge < -0.3 is 40.3 Å². The van der Waals surface area contributed by atoms with Crippen molar-refractivity contribution in [3.8, 4) is 0 Å². The lowest BCUT2D eigenvalue weighted by molar-refractivity contribution is -0.296. The monoisotopic (exact) mass is 391 g/mol. The maximum absolute atomic E-state index is 12.2. The van der Waals surface area contributed by atoms with Gasteiger partial charge in [-0.15, -0.1) is 0 Å². The maximum Gasteiger partial charge on any atom is 0.366 e. The summed E-state index contributed by atoms with van der Waals surface area (Å²) in [6, 6.07) is -1.26. The Hall–Kier alpha value is -1.70. The molecule has 0 aromatic heterocycles. The molecule has 0 spiro atoms. The summed E-state index contributed by atoms with van der Waals surface area (Å²) in [4.78, 5) is 24.0. The first-order valence-electron chi connectivity index (χ1n) is 8.42. The summed E-state index contributed by atoms with van der Waals surface area (Å²) in [6.45, 7) is 0.884. The molecule has 27 heavy (non-hydrogen) atoms. The lowest BCUT2D eigenvalue weighted by Crippen LogP contribution is -2.67. The van der Waals surface area contributed by atoms with Crippen LogP contribution < -0.4 is 5.32 Å². The van der Waals surface area contributed by atoms with E-state index in [2.05, 4.69) is 20.3 Å². The highest BCUT2D eigenvalue weighted by atomic mass is 16.7. The molecule has 2 aliphatic rings. The third-order valence-electron chi connectivity index (χ3n) is 4.60. The van der Waals surface area contributed by atoms with Gasteiger partial charge >= 0.3 is 5.97 Å². The number of hydrogen-bond donors (Lipinski definition) is 6. The lowest BCUT2D eigenvalue weighted by Gasteiger charge is -2.45. The quantitative estimate of drug-likeness (QED) is 0.237. The van der Waals surface area contributed by atoms with E-state index < -0.39 is 66.8 Å². The number of methoxy groups -OCH3 is 1. The summed E-state index contributed by atoms with van der Waals surface area (Å²) >= 11 is 0. The molecule has 6 N–H and O–H groups in total. The summed E-state index contributed by atoms with van der Waals surface area (Å²) in [6.07, 6.45) is -6.92. The van der Waals surface area contributed by atoms with Gasteiger partial charge in [0.15, 0.2) is 5.66 Å². The third-order valence-corrected chi connectivity index (χ3v) is 4.60. The van der Waals surface area contributed by atoms with Crippen LogP contribution in [-0.4, -0.2) is 93.0 Å². The summed E-state index contributed by atoms with van der Waals surface area (Å²) in [7, 11) is 0.993. The van der Waals surface area contributed by atoms with Crippen LogP contribution in [0.2, 0.25) is 0 Å². The molecule has 2 aliphatic heterocycles. The largest absolute Gasteiger partial charge is 0.465 e. The van der Waals surface area contributed by atoms with E-state index >= 15 is 0 Å². The van der Waals surface area contributed by atoms with Gasteiger partial charge in [0.2, 0.25) is 5.91 Å². The van der Waals surface area contributed by atoms with Gasteiger partial charge in [-0.3, -0.25) is 4.79 Å². The molecule has 0 aromatic carbocycles. The van der Waals surface area contributed by atoms with Crippen LogP contribution in [-0.2, 0) is 19.1 Å². The Morgan fingerprint density at radius 3 is 2.52 bits per heavy atom. The molecule has 6 atom stereocenters. The number of nitrogens with zero attached hydrogens (tertiary/aromatic N) is 2. The normalized spacial score (nSPS) is 33.8. The Labute approximate surface area is 154 Å². The highest BCUT2D eigenvalue weighted by Gasteiger charge is 2.54. The maximum atomic E-state index is 12.2. The molecule has 1 saturated heterocycles. The van der Waals surface area contributed by atoms with Crippen LogP contribution in [0.3, 0.4) is 0 Å². The number of nitrogens with one attached hydrogen (secondary N) is 1. The number of aliphatic hydroxyl groups is 5. The van der Waals surface area contributed by atoms with E-state index in [1.165, 1.54) is 0 Å². The van der Waals surface area contributed by atoms with Crippen molar-refractivity contribution in [1.82, 2.24) is 5.32 Å². The zero-order valence-corrected chi connectivity index (χ0v) is 15.0. The van der Waals surface area contributed by atoms with Crippen molar-refractivity contribution in [3.05, 3.63) is 0 Å². The minimum Gasteiger partial charge on any atom is -0.465 e. The molecule has 12 heteroatoms. The summed E-state index contributed by atoms with van der Waals surface area (Å²) in [5.41, 5.74) is -0.601. The Balaban J connectivity index is 2.13. The van der Waals surface area contributed by atoms with E-state index in [1.54, 1.807) is 6.92 Å². The minimum absolute atomic E-state index is 0.0133. The first-order valence-corrected chi connectivity index (χ1v) is 8.42. The number of hydrogen-bond acceptors (Lipinski definition) is 11. The fraction of sp³-hybridized carbons (Fsp3) is 0.867. The third kappa shape index (κ3) is 4.97. The fourth-order valence-electron chi connectivity index (χ4n) is 2.85. The average molecular weight is 391 g/mol. The number of carbonyl (C=O) groups excluding carboxylic acids is 2. The SMILES string of the molecule is COC(=O)[C@@]1(O)CC(O)C(NC(=O)CCC2(C)N=N2)C(C(O)C(O)CO)O1. The molecule has 2 rings (SSSR count). The highest BCUT2D eigenvalue weighted by molar-refractivity contribution is 5.78. The van der Waals surface area contributed by atoms with Crippen LogP contribution in [0.1, 0.15) is 26.2 Å². The van der Waals surface area contributed by atoms with Gasteiger partial charge in [0.25, 0.3) is 5.79 Å². The van der Waals surface area contributed by atoms with Crippen LogP contribution in [0.4, 0.5) is 0 Å². The number of aliphatic hydroxyl groups excluding tert-OH is 4. The van der Waals surface area contributed by atoms with Crippen molar-refractivity contribution >= 4 is 11.9 Å². The molecule has 1 amide bonds. The second-order valence-corrected chi connectivity index (χ2v) is 6.88. The molecule has 5 unspecified atom stereocenters. The second-order valence-electron chi connectivity index (χ2n) is 6.88. The predicted octanol–water partition coefficient (Wildman–Crippen LogP) is -2.84. The summed E-state index contributed by atoms with van der Waals surface area (Å²) in [5, 5.41) is 59.6. The zero-order chi connectivity index (χ0) is 20.4. The van der Waals surface area contributed by atoms with Crippen LogP contribution in [0, 0.1) is 0 Å². The average Bonchev–Trinajstić information content (AvgIpc) is 3.37. The first-order chi connectivity index (χ1) is 12.5. The van der Waals surface area contributed by atoms with Gasteiger partial charge in [-0.05, 0) is 6.92 Å². The first kappa shape index (κ1) is 21.6. The lowest BCUT2D eigenvalue weighted by atomic mass is 9.88. The molecule has 0 bridgehead atoms.